The van der Waals surface area contributed by atoms with Crippen LogP contribution in [0.1, 0.15) is 34.7 Å². The van der Waals surface area contributed by atoms with E-state index in [0.717, 1.165) is 29.5 Å². The third-order valence-electron chi connectivity index (χ3n) is 3.36. The SMILES string of the molecule is O=C(O)c1ccc(C2CC2)c(-c2ccc(F)nc2)c1. The maximum atomic E-state index is 12.9. The van der Waals surface area contributed by atoms with Crippen molar-refractivity contribution in [1.82, 2.24) is 4.98 Å². The van der Waals surface area contributed by atoms with E-state index in [2.05, 4.69) is 4.98 Å². The fraction of sp³-hybridized carbons (Fsp3) is 0.200. The first kappa shape index (κ1) is 11.8. The van der Waals surface area contributed by atoms with Crippen LogP contribution in [0.4, 0.5) is 4.39 Å². The van der Waals surface area contributed by atoms with Crippen molar-refractivity contribution in [2.24, 2.45) is 0 Å². The number of carboxylic acid groups (broad SMARTS) is 1. The minimum Gasteiger partial charge on any atom is -0.478 e. The van der Waals surface area contributed by atoms with Crippen molar-refractivity contribution >= 4 is 5.97 Å². The molecule has 0 radical (unpaired) electrons. The number of hydrogen-bond donors (Lipinski definition) is 1. The summed E-state index contributed by atoms with van der Waals surface area (Å²) in [7, 11) is 0. The predicted molar refractivity (Wildman–Crippen MR) is 68.6 cm³/mol. The summed E-state index contributed by atoms with van der Waals surface area (Å²) in [5.74, 6) is -1.01. The highest BCUT2D eigenvalue weighted by Gasteiger charge is 2.27. The van der Waals surface area contributed by atoms with Crippen molar-refractivity contribution in [3.05, 3.63) is 53.6 Å². The van der Waals surface area contributed by atoms with E-state index in [1.165, 1.54) is 12.3 Å². The molecule has 1 N–H and O–H groups in total. The van der Waals surface area contributed by atoms with E-state index in [0.29, 0.717) is 5.92 Å². The van der Waals surface area contributed by atoms with Gasteiger partial charge in [-0.1, -0.05) is 6.07 Å². The molecule has 1 saturated carbocycles. The normalized spacial score (nSPS) is 14.4. The molecule has 1 aromatic heterocycles. The Morgan fingerprint density at radius 2 is 2.05 bits per heavy atom. The average molecular weight is 257 g/mol. The van der Waals surface area contributed by atoms with Gasteiger partial charge in [0, 0.05) is 11.8 Å². The monoisotopic (exact) mass is 257 g/mol. The molecule has 0 amide bonds. The maximum absolute atomic E-state index is 12.9. The number of halogens is 1. The number of aromatic nitrogens is 1. The van der Waals surface area contributed by atoms with Crippen LogP contribution in [0.25, 0.3) is 11.1 Å². The zero-order chi connectivity index (χ0) is 13.4. The molecule has 1 heterocycles. The molecule has 3 rings (SSSR count). The molecule has 0 unspecified atom stereocenters. The smallest absolute Gasteiger partial charge is 0.335 e. The minimum atomic E-state index is -0.960. The van der Waals surface area contributed by atoms with Gasteiger partial charge in [0.05, 0.1) is 5.56 Å². The fourth-order valence-corrected chi connectivity index (χ4v) is 2.22. The van der Waals surface area contributed by atoms with Crippen LogP contribution in [0, 0.1) is 5.95 Å². The summed E-state index contributed by atoms with van der Waals surface area (Å²) >= 11 is 0. The van der Waals surface area contributed by atoms with Gasteiger partial charge >= 0.3 is 5.97 Å². The fourth-order valence-electron chi connectivity index (χ4n) is 2.22. The lowest BCUT2D eigenvalue weighted by Crippen LogP contribution is -1.98. The molecule has 0 aliphatic heterocycles. The van der Waals surface area contributed by atoms with Crippen LogP contribution in [0.15, 0.2) is 36.5 Å². The number of carboxylic acids is 1. The van der Waals surface area contributed by atoms with Crippen molar-refractivity contribution in [2.75, 3.05) is 0 Å². The maximum Gasteiger partial charge on any atom is 0.335 e. The zero-order valence-electron chi connectivity index (χ0n) is 10.1. The summed E-state index contributed by atoms with van der Waals surface area (Å²) in [6.45, 7) is 0. The van der Waals surface area contributed by atoms with Crippen LogP contribution < -0.4 is 0 Å². The number of pyridine rings is 1. The summed E-state index contributed by atoms with van der Waals surface area (Å²) < 4.78 is 12.9. The van der Waals surface area contributed by atoms with E-state index in [9.17, 15) is 9.18 Å². The topological polar surface area (TPSA) is 50.2 Å². The summed E-state index contributed by atoms with van der Waals surface area (Å²) in [6, 6.07) is 8.05. The lowest BCUT2D eigenvalue weighted by molar-refractivity contribution is 0.0697. The molecule has 4 heteroatoms. The quantitative estimate of drug-likeness (QED) is 0.856. The van der Waals surface area contributed by atoms with E-state index >= 15 is 0 Å². The van der Waals surface area contributed by atoms with Crippen molar-refractivity contribution in [3.63, 3.8) is 0 Å². The Morgan fingerprint density at radius 1 is 1.26 bits per heavy atom. The Morgan fingerprint density at radius 3 is 2.63 bits per heavy atom. The van der Waals surface area contributed by atoms with E-state index < -0.39 is 11.9 Å². The molecule has 19 heavy (non-hydrogen) atoms. The number of nitrogens with zero attached hydrogens (tertiary/aromatic N) is 1. The van der Waals surface area contributed by atoms with E-state index in [1.807, 2.05) is 6.07 Å². The second-order valence-corrected chi connectivity index (χ2v) is 4.75. The van der Waals surface area contributed by atoms with Crippen LogP contribution in [0.2, 0.25) is 0 Å². The summed E-state index contributed by atoms with van der Waals surface area (Å²) in [6.07, 6.45) is 3.68. The van der Waals surface area contributed by atoms with Gasteiger partial charge in [0.25, 0.3) is 0 Å². The van der Waals surface area contributed by atoms with Gasteiger partial charge in [0.1, 0.15) is 0 Å². The van der Waals surface area contributed by atoms with Crippen LogP contribution in [-0.4, -0.2) is 16.1 Å². The number of rotatable bonds is 3. The van der Waals surface area contributed by atoms with E-state index in [1.54, 1.807) is 18.2 Å². The van der Waals surface area contributed by atoms with E-state index in [4.69, 9.17) is 5.11 Å². The van der Waals surface area contributed by atoms with Crippen molar-refractivity contribution in [1.29, 1.82) is 0 Å². The molecule has 0 saturated heterocycles. The van der Waals surface area contributed by atoms with E-state index in [-0.39, 0.29) is 5.56 Å². The highest BCUT2D eigenvalue weighted by Crippen LogP contribution is 2.44. The van der Waals surface area contributed by atoms with Gasteiger partial charge in [-0.15, -0.1) is 0 Å². The Labute approximate surface area is 109 Å². The molecule has 1 fully saturated rings. The summed E-state index contributed by atoms with van der Waals surface area (Å²) in [4.78, 5) is 14.7. The number of aromatic carboxylic acids is 1. The van der Waals surface area contributed by atoms with Gasteiger partial charge in [-0.05, 0) is 54.2 Å². The summed E-state index contributed by atoms with van der Waals surface area (Å²) in [5.41, 5.74) is 2.96. The molecule has 96 valence electrons. The van der Waals surface area contributed by atoms with Crippen LogP contribution in [0.3, 0.4) is 0 Å². The minimum absolute atomic E-state index is 0.240. The van der Waals surface area contributed by atoms with Crippen LogP contribution in [0.5, 0.6) is 0 Å². The van der Waals surface area contributed by atoms with Gasteiger partial charge in [0.2, 0.25) is 5.95 Å². The Kier molecular flexibility index (Phi) is 2.78. The molecular weight excluding hydrogens is 245 g/mol. The highest BCUT2D eigenvalue weighted by atomic mass is 19.1. The first-order chi connectivity index (χ1) is 9.15. The molecule has 0 bridgehead atoms. The third-order valence-corrected chi connectivity index (χ3v) is 3.36. The van der Waals surface area contributed by atoms with Gasteiger partial charge in [-0.25, -0.2) is 9.78 Å². The largest absolute Gasteiger partial charge is 0.478 e. The Hall–Kier alpha value is -2.23. The first-order valence-corrected chi connectivity index (χ1v) is 6.14. The molecule has 3 nitrogen and oxygen atoms in total. The van der Waals surface area contributed by atoms with Gasteiger partial charge in [-0.2, -0.15) is 4.39 Å². The number of benzene rings is 1. The molecular formula is C15H12FNO2. The lowest BCUT2D eigenvalue weighted by Gasteiger charge is -2.10. The lowest BCUT2D eigenvalue weighted by atomic mass is 9.95. The average Bonchev–Trinajstić information content (AvgIpc) is 3.23. The van der Waals surface area contributed by atoms with Crippen molar-refractivity contribution in [2.45, 2.75) is 18.8 Å². The number of hydrogen-bond acceptors (Lipinski definition) is 2. The van der Waals surface area contributed by atoms with Gasteiger partial charge in [-0.3, -0.25) is 0 Å². The van der Waals surface area contributed by atoms with Gasteiger partial charge in [0.15, 0.2) is 0 Å². The number of carbonyl (C=O) groups is 1. The van der Waals surface area contributed by atoms with Crippen LogP contribution in [-0.2, 0) is 0 Å². The molecule has 1 aliphatic carbocycles. The second-order valence-electron chi connectivity index (χ2n) is 4.75. The second kappa shape index (κ2) is 4.46. The predicted octanol–water partition coefficient (Wildman–Crippen LogP) is 3.46. The zero-order valence-corrected chi connectivity index (χ0v) is 10.1. The third kappa shape index (κ3) is 2.34. The molecule has 0 atom stereocenters. The Balaban J connectivity index is 2.12. The molecule has 1 aromatic carbocycles. The van der Waals surface area contributed by atoms with Crippen molar-refractivity contribution < 1.29 is 14.3 Å². The molecule has 0 spiro atoms. The van der Waals surface area contributed by atoms with Crippen LogP contribution >= 0.6 is 0 Å². The summed E-state index contributed by atoms with van der Waals surface area (Å²) in [5, 5.41) is 9.07. The van der Waals surface area contributed by atoms with Gasteiger partial charge < -0.3 is 5.11 Å². The molecule has 1 aliphatic rings. The molecule has 2 aromatic rings. The standard InChI is InChI=1S/C15H12FNO2/c16-14-6-4-11(8-17-14)13-7-10(15(18)19)3-5-12(13)9-1-2-9/h3-9H,1-2H2,(H,18,19). The highest BCUT2D eigenvalue weighted by molar-refractivity contribution is 5.90. The first-order valence-electron chi connectivity index (χ1n) is 6.14. The van der Waals surface area contributed by atoms with Crippen molar-refractivity contribution in [3.8, 4) is 11.1 Å². The Bertz CT molecular complexity index is 633.